The minimum atomic E-state index is -3.58. The summed E-state index contributed by atoms with van der Waals surface area (Å²) in [5, 5.41) is 2.56. The minimum absolute atomic E-state index is 0.162. The van der Waals surface area contributed by atoms with Gasteiger partial charge in [0, 0.05) is 44.9 Å². The van der Waals surface area contributed by atoms with Gasteiger partial charge in [0.05, 0.1) is 4.90 Å². The second kappa shape index (κ2) is 9.89. The van der Waals surface area contributed by atoms with Gasteiger partial charge < -0.3 is 10.2 Å². The Hall–Kier alpha value is -2.97. The molecule has 0 atom stereocenters. The van der Waals surface area contributed by atoms with Crippen LogP contribution in [0.2, 0.25) is 0 Å². The molecular formula is C23H27N3O4S. The zero-order chi connectivity index (χ0) is 22.4. The lowest BCUT2D eigenvalue weighted by molar-refractivity contribution is -0.125. The number of carbonyl (C=O) groups is 2. The minimum Gasteiger partial charge on any atom is -0.355 e. The Balaban J connectivity index is 1.62. The number of hydrogen-bond donors (Lipinski definition) is 1. The number of nitrogens with one attached hydrogen (secondary N) is 1. The third-order valence-corrected chi connectivity index (χ3v) is 7.16. The number of benzene rings is 2. The van der Waals surface area contributed by atoms with E-state index in [1.807, 2.05) is 6.92 Å². The Bertz CT molecular complexity index is 1060. The molecule has 2 aromatic carbocycles. The van der Waals surface area contributed by atoms with Crippen molar-refractivity contribution in [2.75, 3.05) is 33.2 Å². The zero-order valence-corrected chi connectivity index (χ0v) is 18.6. The molecule has 1 N–H and O–H groups in total. The predicted molar refractivity (Wildman–Crippen MR) is 120 cm³/mol. The molecule has 0 bridgehead atoms. The van der Waals surface area contributed by atoms with E-state index >= 15 is 0 Å². The molecule has 0 spiro atoms. The van der Waals surface area contributed by atoms with Crippen LogP contribution in [0.1, 0.15) is 27.9 Å². The van der Waals surface area contributed by atoms with Gasteiger partial charge in [-0.1, -0.05) is 29.8 Å². The fourth-order valence-corrected chi connectivity index (χ4v) is 4.85. The van der Waals surface area contributed by atoms with Crippen molar-refractivity contribution in [1.29, 1.82) is 0 Å². The van der Waals surface area contributed by atoms with Crippen LogP contribution in [-0.2, 0) is 14.8 Å². The summed E-state index contributed by atoms with van der Waals surface area (Å²) in [6.07, 6.45) is 3.76. The van der Waals surface area contributed by atoms with Crippen molar-refractivity contribution in [3.05, 3.63) is 71.3 Å². The first-order valence-corrected chi connectivity index (χ1v) is 11.6. The summed E-state index contributed by atoms with van der Waals surface area (Å²) < 4.78 is 27.3. The van der Waals surface area contributed by atoms with Crippen molar-refractivity contribution in [1.82, 2.24) is 14.5 Å². The molecule has 1 aliphatic heterocycles. The highest BCUT2D eigenvalue weighted by Gasteiger charge is 2.27. The average Bonchev–Trinajstić information content (AvgIpc) is 3.04. The van der Waals surface area contributed by atoms with Crippen LogP contribution in [0.4, 0.5) is 0 Å². The molecular weight excluding hydrogens is 414 g/mol. The van der Waals surface area contributed by atoms with E-state index in [9.17, 15) is 18.0 Å². The first-order valence-electron chi connectivity index (χ1n) is 10.2. The smallest absolute Gasteiger partial charge is 0.251 e. The molecule has 3 rings (SSSR count). The molecule has 0 unspecified atom stereocenters. The molecule has 0 aliphatic carbocycles. The predicted octanol–water partition coefficient (Wildman–Crippen LogP) is 2.29. The maximum absolute atomic E-state index is 12.9. The lowest BCUT2D eigenvalue weighted by Crippen LogP contribution is -2.36. The van der Waals surface area contributed by atoms with Crippen LogP contribution in [0.15, 0.2) is 59.5 Å². The largest absolute Gasteiger partial charge is 0.355 e. The molecule has 1 aliphatic rings. The quantitative estimate of drug-likeness (QED) is 0.722. The molecule has 1 saturated heterocycles. The number of rotatable bonds is 5. The second-order valence-electron chi connectivity index (χ2n) is 7.43. The maximum atomic E-state index is 12.9. The van der Waals surface area contributed by atoms with Gasteiger partial charge in [-0.25, -0.2) is 8.42 Å². The highest BCUT2D eigenvalue weighted by atomic mass is 32.2. The third kappa shape index (κ3) is 5.59. The van der Waals surface area contributed by atoms with Crippen molar-refractivity contribution in [3.8, 4) is 0 Å². The number of carbonyl (C=O) groups excluding carboxylic acids is 2. The van der Waals surface area contributed by atoms with E-state index in [4.69, 9.17) is 0 Å². The van der Waals surface area contributed by atoms with E-state index in [0.717, 1.165) is 11.1 Å². The third-order valence-electron chi connectivity index (χ3n) is 5.24. The first kappa shape index (κ1) is 22.7. The SMILES string of the molecule is CNC(=O)c1ccc(/C=C/C(=O)N2CCCN(S(=O)(=O)c3ccc(C)cc3)CC2)cc1. The lowest BCUT2D eigenvalue weighted by Gasteiger charge is -2.21. The fraction of sp³-hybridized carbons (Fsp3) is 0.304. The molecule has 2 amide bonds. The number of amides is 2. The van der Waals surface area contributed by atoms with E-state index in [1.165, 1.54) is 10.4 Å². The molecule has 1 fully saturated rings. The first-order chi connectivity index (χ1) is 14.8. The van der Waals surface area contributed by atoms with Gasteiger partial charge in [0.15, 0.2) is 0 Å². The van der Waals surface area contributed by atoms with Crippen LogP contribution in [0.25, 0.3) is 6.08 Å². The van der Waals surface area contributed by atoms with Gasteiger partial charge in [-0.2, -0.15) is 4.31 Å². The van der Waals surface area contributed by atoms with Crippen molar-refractivity contribution in [2.24, 2.45) is 0 Å². The van der Waals surface area contributed by atoms with Gasteiger partial charge in [-0.05, 0) is 49.2 Å². The van der Waals surface area contributed by atoms with Gasteiger partial charge in [-0.15, -0.1) is 0 Å². The van der Waals surface area contributed by atoms with E-state index in [-0.39, 0.29) is 23.3 Å². The highest BCUT2D eigenvalue weighted by Crippen LogP contribution is 2.18. The summed E-state index contributed by atoms with van der Waals surface area (Å²) in [6.45, 7) is 3.39. The van der Waals surface area contributed by atoms with Crippen LogP contribution in [0.3, 0.4) is 0 Å². The van der Waals surface area contributed by atoms with E-state index < -0.39 is 10.0 Å². The monoisotopic (exact) mass is 441 g/mol. The summed E-state index contributed by atoms with van der Waals surface area (Å²) in [7, 11) is -2.00. The summed E-state index contributed by atoms with van der Waals surface area (Å²) in [5.41, 5.74) is 2.36. The van der Waals surface area contributed by atoms with Crippen LogP contribution < -0.4 is 5.32 Å². The molecule has 1 heterocycles. The normalized spacial score (nSPS) is 15.6. The molecule has 0 radical (unpaired) electrons. The van der Waals surface area contributed by atoms with Crippen molar-refractivity contribution < 1.29 is 18.0 Å². The van der Waals surface area contributed by atoms with Gasteiger partial charge in [0.1, 0.15) is 0 Å². The van der Waals surface area contributed by atoms with Gasteiger partial charge in [-0.3, -0.25) is 9.59 Å². The Morgan fingerprint density at radius 2 is 1.61 bits per heavy atom. The number of nitrogens with zero attached hydrogens (tertiary/aromatic N) is 2. The molecule has 0 saturated carbocycles. The molecule has 164 valence electrons. The topological polar surface area (TPSA) is 86.8 Å². The van der Waals surface area contributed by atoms with Crippen molar-refractivity contribution in [3.63, 3.8) is 0 Å². The van der Waals surface area contributed by atoms with Gasteiger partial charge in [0.2, 0.25) is 15.9 Å². The Labute approximate surface area is 183 Å². The molecule has 7 nitrogen and oxygen atoms in total. The Morgan fingerprint density at radius 1 is 0.935 bits per heavy atom. The van der Waals surface area contributed by atoms with Crippen LogP contribution in [-0.4, -0.2) is 62.7 Å². The summed E-state index contributed by atoms with van der Waals surface area (Å²) >= 11 is 0. The highest BCUT2D eigenvalue weighted by molar-refractivity contribution is 7.89. The molecule has 0 aromatic heterocycles. The number of aryl methyl sites for hydroxylation is 1. The molecule has 8 heteroatoms. The maximum Gasteiger partial charge on any atom is 0.251 e. The summed E-state index contributed by atoms with van der Waals surface area (Å²) in [6, 6.07) is 13.7. The summed E-state index contributed by atoms with van der Waals surface area (Å²) in [4.78, 5) is 26.2. The lowest BCUT2D eigenvalue weighted by atomic mass is 10.1. The number of sulfonamides is 1. The zero-order valence-electron chi connectivity index (χ0n) is 17.7. The second-order valence-corrected chi connectivity index (χ2v) is 9.37. The fourth-order valence-electron chi connectivity index (χ4n) is 3.38. The van der Waals surface area contributed by atoms with Crippen LogP contribution in [0.5, 0.6) is 0 Å². The molecule has 2 aromatic rings. The van der Waals surface area contributed by atoms with Crippen molar-refractivity contribution >= 4 is 27.9 Å². The Morgan fingerprint density at radius 3 is 2.26 bits per heavy atom. The van der Waals surface area contributed by atoms with E-state index in [0.29, 0.717) is 31.6 Å². The average molecular weight is 442 g/mol. The van der Waals surface area contributed by atoms with Crippen LogP contribution >= 0.6 is 0 Å². The standard InChI is InChI=1S/C23H27N3O4S/c1-18-4-11-21(12-5-18)31(29,30)26-15-3-14-25(16-17-26)22(27)13-8-19-6-9-20(10-7-19)23(28)24-2/h4-13H,3,14-17H2,1-2H3,(H,24,28)/b13-8+. The van der Waals surface area contributed by atoms with Gasteiger partial charge in [0.25, 0.3) is 5.91 Å². The van der Waals surface area contributed by atoms with E-state index in [1.54, 1.807) is 66.6 Å². The van der Waals surface area contributed by atoms with Crippen LogP contribution in [0, 0.1) is 6.92 Å². The van der Waals surface area contributed by atoms with Gasteiger partial charge >= 0.3 is 0 Å². The summed E-state index contributed by atoms with van der Waals surface area (Å²) in [5.74, 6) is -0.328. The molecule has 31 heavy (non-hydrogen) atoms. The Kier molecular flexibility index (Phi) is 7.25. The van der Waals surface area contributed by atoms with E-state index in [2.05, 4.69) is 5.32 Å². The number of hydrogen-bond acceptors (Lipinski definition) is 4. The van der Waals surface area contributed by atoms with Crippen molar-refractivity contribution in [2.45, 2.75) is 18.2 Å².